The summed E-state index contributed by atoms with van der Waals surface area (Å²) in [6.45, 7) is 4.02. The number of carbonyl (C=O) groups excluding carboxylic acids is 1. The van der Waals surface area contributed by atoms with Crippen LogP contribution in [0.1, 0.15) is 15.9 Å². The van der Waals surface area contributed by atoms with Crippen molar-refractivity contribution in [1.82, 2.24) is 0 Å². The molecule has 0 unspecified atom stereocenters. The third-order valence-corrected chi connectivity index (χ3v) is 3.05. The van der Waals surface area contributed by atoms with Gasteiger partial charge in [0.05, 0.1) is 0 Å². The Morgan fingerprint density at radius 1 is 1.11 bits per heavy atom. The quantitative estimate of drug-likeness (QED) is 0.761. The molecule has 18 heavy (non-hydrogen) atoms. The van der Waals surface area contributed by atoms with Crippen LogP contribution in [0.25, 0.3) is 16.5 Å². The fourth-order valence-electron chi connectivity index (χ4n) is 2.29. The first-order chi connectivity index (χ1) is 8.81. The van der Waals surface area contributed by atoms with E-state index in [1.807, 2.05) is 36.4 Å². The summed E-state index contributed by atoms with van der Waals surface area (Å²) in [4.78, 5) is 12.1. The molecule has 0 spiro atoms. The van der Waals surface area contributed by atoms with Gasteiger partial charge >= 0.3 is 0 Å². The summed E-state index contributed by atoms with van der Waals surface area (Å²) >= 11 is 0. The van der Waals surface area contributed by atoms with E-state index in [1.165, 1.54) is 0 Å². The van der Waals surface area contributed by atoms with Gasteiger partial charge in [-0.25, -0.2) is 0 Å². The number of carbonyl (C=O) groups is 1. The van der Waals surface area contributed by atoms with Crippen molar-refractivity contribution in [1.29, 1.82) is 0 Å². The summed E-state index contributed by atoms with van der Waals surface area (Å²) < 4.78 is 5.57. The van der Waals surface area contributed by atoms with Crippen molar-refractivity contribution in [2.75, 3.05) is 6.61 Å². The largest absolute Gasteiger partial charge is 0.489 e. The topological polar surface area (TPSA) is 26.3 Å². The van der Waals surface area contributed by atoms with Gasteiger partial charge in [0.25, 0.3) is 0 Å². The summed E-state index contributed by atoms with van der Waals surface area (Å²) in [6.07, 6.45) is 3.23. The van der Waals surface area contributed by atoms with Crippen molar-refractivity contribution in [2.45, 2.75) is 0 Å². The number of hydrogen-bond acceptors (Lipinski definition) is 2. The number of benzene rings is 2. The van der Waals surface area contributed by atoms with Crippen molar-refractivity contribution >= 4 is 22.3 Å². The lowest BCUT2D eigenvalue weighted by Gasteiger charge is -2.17. The molecule has 3 rings (SSSR count). The van der Waals surface area contributed by atoms with Crippen LogP contribution >= 0.6 is 0 Å². The summed E-state index contributed by atoms with van der Waals surface area (Å²) in [7, 11) is 0. The smallest absolute Gasteiger partial charge is 0.190 e. The van der Waals surface area contributed by atoms with Gasteiger partial charge in [0.2, 0.25) is 0 Å². The third kappa shape index (κ3) is 1.54. The number of rotatable bonds is 3. The Hall–Kier alpha value is -2.35. The number of allylic oxidation sites excluding steroid dienone is 1. The summed E-state index contributed by atoms with van der Waals surface area (Å²) in [5.41, 5.74) is 1.72. The Morgan fingerprint density at radius 2 is 1.83 bits per heavy atom. The SMILES string of the molecule is C=CCOC1=CC(=O)c2cccc3cccc1c23. The van der Waals surface area contributed by atoms with E-state index in [1.54, 1.807) is 12.2 Å². The Kier molecular flexibility index (Phi) is 2.49. The highest BCUT2D eigenvalue weighted by Gasteiger charge is 2.20. The maximum absolute atomic E-state index is 12.1. The molecule has 0 radical (unpaired) electrons. The van der Waals surface area contributed by atoms with Crippen LogP contribution in [0.3, 0.4) is 0 Å². The third-order valence-electron chi connectivity index (χ3n) is 3.05. The highest BCUT2D eigenvalue weighted by atomic mass is 16.5. The minimum Gasteiger partial charge on any atom is -0.489 e. The van der Waals surface area contributed by atoms with E-state index in [2.05, 4.69) is 6.58 Å². The molecule has 2 aromatic rings. The first kappa shape index (κ1) is 10.8. The van der Waals surface area contributed by atoms with Gasteiger partial charge in [-0.1, -0.05) is 49.1 Å². The molecule has 0 saturated carbocycles. The predicted octanol–water partition coefficient (Wildman–Crippen LogP) is 3.58. The first-order valence-electron chi connectivity index (χ1n) is 5.83. The molecule has 2 aromatic carbocycles. The van der Waals surface area contributed by atoms with Gasteiger partial charge < -0.3 is 4.74 Å². The number of ether oxygens (including phenoxy) is 1. The molecule has 0 aromatic heterocycles. The van der Waals surface area contributed by atoms with Crippen LogP contribution in [-0.2, 0) is 4.74 Å². The maximum Gasteiger partial charge on any atom is 0.190 e. The van der Waals surface area contributed by atoms with Gasteiger partial charge in [-0.15, -0.1) is 0 Å². The van der Waals surface area contributed by atoms with Crippen LogP contribution in [0.2, 0.25) is 0 Å². The van der Waals surface area contributed by atoms with Gasteiger partial charge in [0.15, 0.2) is 5.78 Å². The normalized spacial score (nSPS) is 13.3. The zero-order chi connectivity index (χ0) is 12.5. The summed E-state index contributed by atoms with van der Waals surface area (Å²) in [5.74, 6) is 0.627. The summed E-state index contributed by atoms with van der Waals surface area (Å²) in [6, 6.07) is 11.7. The van der Waals surface area contributed by atoms with Crippen LogP contribution in [0, 0.1) is 0 Å². The van der Waals surface area contributed by atoms with Gasteiger partial charge in [0.1, 0.15) is 12.4 Å². The second-order valence-electron chi connectivity index (χ2n) is 4.18. The molecule has 0 heterocycles. The standard InChI is InChI=1S/C16H12O2/c1-2-9-18-15-10-14(17)12-7-3-5-11-6-4-8-13(15)16(11)12/h2-8,10H,1,9H2. The molecule has 1 aliphatic carbocycles. The number of ketones is 1. The highest BCUT2D eigenvalue weighted by Crippen LogP contribution is 2.33. The van der Waals surface area contributed by atoms with Crippen molar-refractivity contribution in [3.05, 3.63) is 66.3 Å². The molecule has 0 saturated heterocycles. The lowest BCUT2D eigenvalue weighted by molar-refractivity contribution is 0.104. The lowest BCUT2D eigenvalue weighted by Crippen LogP contribution is -2.07. The first-order valence-corrected chi connectivity index (χ1v) is 5.83. The summed E-state index contributed by atoms with van der Waals surface area (Å²) in [5, 5.41) is 2.04. The maximum atomic E-state index is 12.1. The Morgan fingerprint density at radius 3 is 2.56 bits per heavy atom. The van der Waals surface area contributed by atoms with Gasteiger partial charge in [-0.2, -0.15) is 0 Å². The van der Waals surface area contributed by atoms with Crippen LogP contribution in [0.15, 0.2) is 55.1 Å². The van der Waals surface area contributed by atoms with Gasteiger partial charge in [-0.3, -0.25) is 4.79 Å². The highest BCUT2D eigenvalue weighted by molar-refractivity contribution is 6.21. The van der Waals surface area contributed by atoms with E-state index in [0.717, 1.165) is 21.9 Å². The molecular formula is C16H12O2. The fraction of sp³-hybridized carbons (Fsp3) is 0.0625. The average Bonchev–Trinajstić information content (AvgIpc) is 2.41. The molecule has 88 valence electrons. The predicted molar refractivity (Wildman–Crippen MR) is 72.4 cm³/mol. The molecule has 0 N–H and O–H groups in total. The van der Waals surface area contributed by atoms with E-state index < -0.39 is 0 Å². The monoisotopic (exact) mass is 236 g/mol. The average molecular weight is 236 g/mol. The zero-order valence-corrected chi connectivity index (χ0v) is 9.85. The van der Waals surface area contributed by atoms with Gasteiger partial charge in [-0.05, 0) is 5.39 Å². The minimum absolute atomic E-state index is 0.00152. The minimum atomic E-state index is -0.00152. The molecule has 0 aliphatic heterocycles. The van der Waals surface area contributed by atoms with Crippen molar-refractivity contribution in [3.63, 3.8) is 0 Å². The molecule has 2 nitrogen and oxygen atoms in total. The Labute approximate surface area is 105 Å². The van der Waals surface area contributed by atoms with E-state index in [4.69, 9.17) is 4.74 Å². The molecule has 0 bridgehead atoms. The molecular weight excluding hydrogens is 224 g/mol. The fourth-order valence-corrected chi connectivity index (χ4v) is 2.29. The second kappa shape index (κ2) is 4.15. The van der Waals surface area contributed by atoms with E-state index in [-0.39, 0.29) is 5.78 Å². The van der Waals surface area contributed by atoms with Crippen molar-refractivity contribution < 1.29 is 9.53 Å². The van der Waals surface area contributed by atoms with Crippen molar-refractivity contribution in [3.8, 4) is 0 Å². The lowest BCUT2D eigenvalue weighted by atomic mass is 9.91. The molecule has 0 fully saturated rings. The van der Waals surface area contributed by atoms with E-state index in [9.17, 15) is 4.79 Å². The molecule has 0 atom stereocenters. The van der Waals surface area contributed by atoms with Crippen LogP contribution in [-0.4, -0.2) is 12.4 Å². The Balaban J connectivity index is 2.26. The van der Waals surface area contributed by atoms with Gasteiger partial charge in [0, 0.05) is 22.6 Å². The molecule has 2 heteroatoms. The number of hydrogen-bond donors (Lipinski definition) is 0. The van der Waals surface area contributed by atoms with Crippen LogP contribution in [0.5, 0.6) is 0 Å². The second-order valence-corrected chi connectivity index (χ2v) is 4.18. The van der Waals surface area contributed by atoms with Crippen molar-refractivity contribution in [2.24, 2.45) is 0 Å². The zero-order valence-electron chi connectivity index (χ0n) is 9.85. The molecule has 1 aliphatic rings. The molecule has 0 amide bonds. The van der Waals surface area contributed by atoms with Crippen LogP contribution in [0.4, 0.5) is 0 Å². The Bertz CT molecular complexity index is 675. The van der Waals surface area contributed by atoms with E-state index in [0.29, 0.717) is 12.4 Å². The van der Waals surface area contributed by atoms with E-state index >= 15 is 0 Å². The van der Waals surface area contributed by atoms with Crippen LogP contribution < -0.4 is 0 Å².